The molecular formula is C16H23F2N. The molecule has 2 rings (SSSR count). The van der Waals surface area contributed by atoms with Gasteiger partial charge in [0.2, 0.25) is 0 Å². The molecule has 106 valence electrons. The summed E-state index contributed by atoms with van der Waals surface area (Å²) >= 11 is 0. The lowest BCUT2D eigenvalue weighted by Gasteiger charge is -2.29. The molecule has 1 aliphatic carbocycles. The molecule has 0 spiro atoms. The van der Waals surface area contributed by atoms with E-state index in [-0.39, 0.29) is 17.4 Å². The third-order valence-electron chi connectivity index (χ3n) is 4.41. The largest absolute Gasteiger partial charge is 0.310 e. The first-order valence-corrected chi connectivity index (χ1v) is 7.24. The maximum absolute atomic E-state index is 14.3. The summed E-state index contributed by atoms with van der Waals surface area (Å²) in [6.07, 6.45) is 3.36. The second-order valence-corrected chi connectivity index (χ2v) is 5.70. The van der Waals surface area contributed by atoms with Crippen molar-refractivity contribution in [3.8, 4) is 0 Å². The van der Waals surface area contributed by atoms with Crippen molar-refractivity contribution in [3.63, 3.8) is 0 Å². The van der Waals surface area contributed by atoms with E-state index in [1.807, 2.05) is 6.92 Å². The normalized spacial score (nSPS) is 24.7. The van der Waals surface area contributed by atoms with Gasteiger partial charge in [0.15, 0.2) is 0 Å². The lowest BCUT2D eigenvalue weighted by atomic mass is 9.85. The summed E-state index contributed by atoms with van der Waals surface area (Å²) in [7, 11) is 0. The third-order valence-corrected chi connectivity index (χ3v) is 4.41. The standard InChI is InChI=1S/C16H23F2N/c1-4-19-16(12-7-5-6-10(12)2)14-13(17)9-8-11(3)15(14)18/h8-10,12,16,19H,4-7H2,1-3H3. The molecular weight excluding hydrogens is 244 g/mol. The summed E-state index contributed by atoms with van der Waals surface area (Å²) in [5.41, 5.74) is 0.755. The first kappa shape index (κ1) is 14.4. The Labute approximate surface area is 114 Å². The minimum atomic E-state index is -0.423. The van der Waals surface area contributed by atoms with Gasteiger partial charge < -0.3 is 5.32 Å². The molecule has 19 heavy (non-hydrogen) atoms. The fourth-order valence-electron chi connectivity index (χ4n) is 3.32. The van der Waals surface area contributed by atoms with Crippen LogP contribution in [0.4, 0.5) is 8.78 Å². The molecule has 0 heterocycles. The number of hydrogen-bond acceptors (Lipinski definition) is 1. The Morgan fingerprint density at radius 1 is 1.32 bits per heavy atom. The van der Waals surface area contributed by atoms with Crippen molar-refractivity contribution in [3.05, 3.63) is 34.9 Å². The molecule has 0 saturated heterocycles. The highest BCUT2D eigenvalue weighted by atomic mass is 19.1. The average Bonchev–Trinajstić information content (AvgIpc) is 2.79. The van der Waals surface area contributed by atoms with Gasteiger partial charge in [-0.25, -0.2) is 8.78 Å². The second kappa shape index (κ2) is 6.00. The molecule has 3 atom stereocenters. The molecule has 1 fully saturated rings. The van der Waals surface area contributed by atoms with Gasteiger partial charge in [-0.1, -0.05) is 32.8 Å². The van der Waals surface area contributed by atoms with Gasteiger partial charge in [-0.3, -0.25) is 0 Å². The van der Waals surface area contributed by atoms with Crippen molar-refractivity contribution in [2.45, 2.75) is 46.1 Å². The fraction of sp³-hybridized carbons (Fsp3) is 0.625. The number of hydrogen-bond donors (Lipinski definition) is 1. The summed E-state index contributed by atoms with van der Waals surface area (Å²) < 4.78 is 28.4. The van der Waals surface area contributed by atoms with Crippen molar-refractivity contribution in [2.75, 3.05) is 6.54 Å². The first-order chi connectivity index (χ1) is 9.06. The Hall–Kier alpha value is -0.960. The SMILES string of the molecule is CCNC(c1c(F)ccc(C)c1F)C1CCCC1C. The first-order valence-electron chi connectivity index (χ1n) is 7.24. The number of rotatable bonds is 4. The van der Waals surface area contributed by atoms with Crippen LogP contribution in [0.15, 0.2) is 12.1 Å². The molecule has 1 aromatic rings. The van der Waals surface area contributed by atoms with Gasteiger partial charge in [-0.05, 0) is 43.4 Å². The van der Waals surface area contributed by atoms with Gasteiger partial charge in [0.25, 0.3) is 0 Å². The van der Waals surface area contributed by atoms with Crippen molar-refractivity contribution in [1.82, 2.24) is 5.32 Å². The van der Waals surface area contributed by atoms with E-state index in [0.29, 0.717) is 17.4 Å². The number of halogens is 2. The molecule has 1 aromatic carbocycles. The van der Waals surface area contributed by atoms with E-state index >= 15 is 0 Å². The highest BCUT2D eigenvalue weighted by Gasteiger charge is 2.34. The lowest BCUT2D eigenvalue weighted by molar-refractivity contribution is 0.291. The van der Waals surface area contributed by atoms with E-state index in [1.54, 1.807) is 6.92 Å². The smallest absolute Gasteiger partial charge is 0.133 e. The van der Waals surface area contributed by atoms with Crippen molar-refractivity contribution < 1.29 is 8.78 Å². The predicted molar refractivity (Wildman–Crippen MR) is 74.0 cm³/mol. The van der Waals surface area contributed by atoms with Gasteiger partial charge in [-0.2, -0.15) is 0 Å². The summed E-state index contributed by atoms with van der Waals surface area (Å²) in [5, 5.41) is 3.30. The molecule has 0 aromatic heterocycles. The molecule has 1 nitrogen and oxygen atoms in total. The van der Waals surface area contributed by atoms with Crippen LogP contribution in [-0.4, -0.2) is 6.54 Å². The molecule has 3 heteroatoms. The van der Waals surface area contributed by atoms with E-state index in [9.17, 15) is 8.78 Å². The zero-order chi connectivity index (χ0) is 14.0. The van der Waals surface area contributed by atoms with E-state index in [4.69, 9.17) is 0 Å². The van der Waals surface area contributed by atoms with E-state index in [0.717, 1.165) is 25.8 Å². The fourth-order valence-corrected chi connectivity index (χ4v) is 3.32. The van der Waals surface area contributed by atoms with Crippen LogP contribution < -0.4 is 5.32 Å². The van der Waals surface area contributed by atoms with Crippen molar-refractivity contribution in [1.29, 1.82) is 0 Å². The van der Waals surface area contributed by atoms with Gasteiger partial charge in [0.05, 0.1) is 0 Å². The zero-order valence-electron chi connectivity index (χ0n) is 12.0. The maximum atomic E-state index is 14.3. The van der Waals surface area contributed by atoms with Crippen LogP contribution in [0.25, 0.3) is 0 Å². The molecule has 1 saturated carbocycles. The van der Waals surface area contributed by atoms with Crippen LogP contribution in [0.2, 0.25) is 0 Å². The molecule has 3 unspecified atom stereocenters. The van der Waals surface area contributed by atoms with E-state index in [2.05, 4.69) is 12.2 Å². The lowest BCUT2D eigenvalue weighted by Crippen LogP contribution is -2.31. The molecule has 0 radical (unpaired) electrons. The highest BCUT2D eigenvalue weighted by Crippen LogP contribution is 2.41. The zero-order valence-corrected chi connectivity index (χ0v) is 12.0. The van der Waals surface area contributed by atoms with Gasteiger partial charge in [-0.15, -0.1) is 0 Å². The number of benzene rings is 1. The van der Waals surface area contributed by atoms with Crippen LogP contribution in [0, 0.1) is 30.4 Å². The Balaban J connectivity index is 2.41. The summed E-state index contributed by atoms with van der Waals surface area (Å²) in [5.74, 6) is 0.0345. The summed E-state index contributed by atoms with van der Waals surface area (Å²) in [4.78, 5) is 0. The van der Waals surface area contributed by atoms with Crippen molar-refractivity contribution in [2.24, 2.45) is 11.8 Å². The van der Waals surface area contributed by atoms with Gasteiger partial charge in [0.1, 0.15) is 11.6 Å². The van der Waals surface area contributed by atoms with Crippen molar-refractivity contribution >= 4 is 0 Å². The van der Waals surface area contributed by atoms with Crippen LogP contribution in [0.3, 0.4) is 0 Å². The molecule has 0 amide bonds. The van der Waals surface area contributed by atoms with Crippen LogP contribution in [-0.2, 0) is 0 Å². The highest BCUT2D eigenvalue weighted by molar-refractivity contribution is 5.30. The molecule has 1 N–H and O–H groups in total. The van der Waals surface area contributed by atoms with Gasteiger partial charge in [0, 0.05) is 11.6 Å². The molecule has 0 aliphatic heterocycles. The summed E-state index contributed by atoms with van der Waals surface area (Å²) in [6.45, 7) is 6.59. The monoisotopic (exact) mass is 267 g/mol. The van der Waals surface area contributed by atoms with Gasteiger partial charge >= 0.3 is 0 Å². The molecule has 1 aliphatic rings. The minimum absolute atomic E-state index is 0.206. The quantitative estimate of drug-likeness (QED) is 0.854. The molecule has 0 bridgehead atoms. The summed E-state index contributed by atoms with van der Waals surface area (Å²) in [6, 6.07) is 2.69. The number of nitrogens with one attached hydrogen (secondary N) is 1. The predicted octanol–water partition coefficient (Wildman–Crippen LogP) is 4.36. The van der Waals surface area contributed by atoms with Crippen LogP contribution in [0.1, 0.15) is 50.3 Å². The Morgan fingerprint density at radius 3 is 2.63 bits per heavy atom. The number of aryl methyl sites for hydroxylation is 1. The van der Waals surface area contributed by atoms with Crippen LogP contribution >= 0.6 is 0 Å². The third kappa shape index (κ3) is 2.81. The topological polar surface area (TPSA) is 12.0 Å². The Bertz CT molecular complexity index is 445. The second-order valence-electron chi connectivity index (χ2n) is 5.70. The van der Waals surface area contributed by atoms with Crippen LogP contribution in [0.5, 0.6) is 0 Å². The maximum Gasteiger partial charge on any atom is 0.133 e. The minimum Gasteiger partial charge on any atom is -0.310 e. The average molecular weight is 267 g/mol. The Kier molecular flexibility index (Phi) is 4.56. The van der Waals surface area contributed by atoms with E-state index in [1.165, 1.54) is 12.1 Å². The van der Waals surface area contributed by atoms with E-state index < -0.39 is 5.82 Å². The Morgan fingerprint density at radius 2 is 2.05 bits per heavy atom.